The Morgan fingerprint density at radius 1 is 1.50 bits per heavy atom. The summed E-state index contributed by atoms with van der Waals surface area (Å²) in [6.07, 6.45) is 7.37. The molecule has 0 radical (unpaired) electrons. The topological polar surface area (TPSA) is 41.0 Å². The van der Waals surface area contributed by atoms with Gasteiger partial charge in [-0.25, -0.2) is 4.40 Å². The quantitative estimate of drug-likeness (QED) is 0.571. The normalized spacial score (nSPS) is 14.8. The molecule has 0 unspecified atom stereocenters. The van der Waals surface area contributed by atoms with Gasteiger partial charge in [-0.05, 0) is 12.2 Å². The lowest BCUT2D eigenvalue weighted by molar-refractivity contribution is 1.08. The van der Waals surface area contributed by atoms with E-state index in [0.717, 1.165) is 10.6 Å². The number of nitrogens with one attached hydrogen (secondary N) is 1. The van der Waals surface area contributed by atoms with Crippen molar-refractivity contribution in [2.24, 2.45) is 4.40 Å². The van der Waals surface area contributed by atoms with E-state index in [2.05, 4.69) is 14.6 Å². The Balaban J connectivity index is 2.50. The molecular formula is C6H5N3S. The standard InChI is InChI=1S/C6H5N3S/c1-2-5-6(4-7-9-5)10-8-3-1/h1-4H,(H,7,9). The van der Waals surface area contributed by atoms with E-state index >= 15 is 0 Å². The maximum Gasteiger partial charge on any atom is 0.0756 e. The SMILES string of the molecule is C1=Cc2[nH]ncc2SN=C1. The Hall–Kier alpha value is -1.03. The number of allylic oxidation sites excluding steroid dienone is 1. The lowest BCUT2D eigenvalue weighted by atomic mass is 10.4. The molecule has 1 aromatic heterocycles. The number of rotatable bonds is 0. The van der Waals surface area contributed by atoms with Gasteiger partial charge in [-0.15, -0.1) is 0 Å². The van der Waals surface area contributed by atoms with Crippen LogP contribution in [0.1, 0.15) is 5.69 Å². The summed E-state index contributed by atoms with van der Waals surface area (Å²) in [6, 6.07) is 0. The molecule has 50 valence electrons. The molecular weight excluding hydrogens is 146 g/mol. The molecule has 4 heteroatoms. The first-order valence-electron chi connectivity index (χ1n) is 2.87. The van der Waals surface area contributed by atoms with Crippen LogP contribution in [-0.4, -0.2) is 16.4 Å². The van der Waals surface area contributed by atoms with Crippen molar-refractivity contribution in [2.45, 2.75) is 4.90 Å². The molecule has 0 spiro atoms. The highest BCUT2D eigenvalue weighted by atomic mass is 32.2. The second-order valence-electron chi connectivity index (χ2n) is 1.85. The minimum atomic E-state index is 1.03. The average Bonchev–Trinajstić information content (AvgIpc) is 2.28. The summed E-state index contributed by atoms with van der Waals surface area (Å²) in [7, 11) is 0. The largest absolute Gasteiger partial charge is 0.277 e. The van der Waals surface area contributed by atoms with Crippen molar-refractivity contribution in [2.75, 3.05) is 0 Å². The van der Waals surface area contributed by atoms with Crippen LogP contribution in [0.2, 0.25) is 0 Å². The Labute approximate surface area is 62.4 Å². The highest BCUT2D eigenvalue weighted by Crippen LogP contribution is 2.23. The molecule has 0 saturated heterocycles. The van der Waals surface area contributed by atoms with Crippen LogP contribution in [0.5, 0.6) is 0 Å². The Bertz CT molecular complexity index is 287. The third kappa shape index (κ3) is 0.863. The molecule has 0 aromatic carbocycles. The van der Waals surface area contributed by atoms with Gasteiger partial charge in [0, 0.05) is 18.2 Å². The molecule has 2 rings (SSSR count). The first kappa shape index (κ1) is 5.73. The zero-order valence-corrected chi connectivity index (χ0v) is 5.93. The summed E-state index contributed by atoms with van der Waals surface area (Å²) >= 11 is 1.43. The van der Waals surface area contributed by atoms with Gasteiger partial charge in [0.25, 0.3) is 0 Å². The fraction of sp³-hybridized carbons (Fsp3) is 0. The van der Waals surface area contributed by atoms with Crippen LogP contribution in [-0.2, 0) is 0 Å². The van der Waals surface area contributed by atoms with Crippen LogP contribution < -0.4 is 0 Å². The van der Waals surface area contributed by atoms with Gasteiger partial charge in [-0.1, -0.05) is 0 Å². The third-order valence-electron chi connectivity index (χ3n) is 1.19. The Morgan fingerprint density at radius 2 is 2.50 bits per heavy atom. The smallest absolute Gasteiger partial charge is 0.0756 e. The fourth-order valence-corrected chi connectivity index (χ4v) is 1.30. The van der Waals surface area contributed by atoms with Gasteiger partial charge >= 0.3 is 0 Å². The first-order chi connectivity index (χ1) is 4.97. The monoisotopic (exact) mass is 151 g/mol. The molecule has 0 fully saturated rings. The van der Waals surface area contributed by atoms with E-state index in [-0.39, 0.29) is 0 Å². The van der Waals surface area contributed by atoms with Crippen molar-refractivity contribution in [3.05, 3.63) is 18.0 Å². The molecule has 0 aliphatic carbocycles. The zero-order chi connectivity index (χ0) is 6.81. The average molecular weight is 151 g/mol. The Kier molecular flexibility index (Phi) is 1.32. The summed E-state index contributed by atoms with van der Waals surface area (Å²) in [5.74, 6) is 0. The van der Waals surface area contributed by atoms with Crippen LogP contribution in [0.25, 0.3) is 6.08 Å². The lowest BCUT2D eigenvalue weighted by Gasteiger charge is -1.86. The van der Waals surface area contributed by atoms with Gasteiger partial charge in [-0.3, -0.25) is 5.10 Å². The van der Waals surface area contributed by atoms with E-state index in [0.29, 0.717) is 0 Å². The molecule has 2 heterocycles. The van der Waals surface area contributed by atoms with Crippen LogP contribution in [0.4, 0.5) is 0 Å². The maximum absolute atomic E-state index is 4.03. The van der Waals surface area contributed by atoms with Gasteiger partial charge in [0.15, 0.2) is 0 Å². The minimum absolute atomic E-state index is 1.03. The molecule has 3 nitrogen and oxygen atoms in total. The summed E-state index contributed by atoms with van der Waals surface area (Å²) in [6.45, 7) is 0. The molecule has 0 atom stereocenters. The van der Waals surface area contributed by atoms with Crippen molar-refractivity contribution in [1.82, 2.24) is 10.2 Å². The third-order valence-corrected chi connectivity index (χ3v) is 1.94. The van der Waals surface area contributed by atoms with Crippen LogP contribution in [0.3, 0.4) is 0 Å². The molecule has 0 saturated carbocycles. The van der Waals surface area contributed by atoms with Gasteiger partial charge in [0.05, 0.1) is 16.8 Å². The number of aromatic nitrogens is 2. The number of H-pyrrole nitrogens is 1. The number of aromatic amines is 1. The van der Waals surface area contributed by atoms with Crippen LogP contribution in [0.15, 0.2) is 21.6 Å². The highest BCUT2D eigenvalue weighted by Gasteiger charge is 2.02. The van der Waals surface area contributed by atoms with E-state index in [4.69, 9.17) is 0 Å². The van der Waals surface area contributed by atoms with Crippen molar-refractivity contribution in [3.63, 3.8) is 0 Å². The zero-order valence-electron chi connectivity index (χ0n) is 5.11. The summed E-state index contributed by atoms with van der Waals surface area (Å²) in [5.41, 5.74) is 1.03. The molecule has 0 amide bonds. The molecule has 1 aromatic rings. The van der Waals surface area contributed by atoms with E-state index < -0.39 is 0 Å². The van der Waals surface area contributed by atoms with Gasteiger partial charge in [-0.2, -0.15) is 5.10 Å². The van der Waals surface area contributed by atoms with Gasteiger partial charge in [0.1, 0.15) is 0 Å². The molecule has 1 aliphatic heterocycles. The maximum atomic E-state index is 4.03. The summed E-state index contributed by atoms with van der Waals surface area (Å²) in [4.78, 5) is 1.07. The van der Waals surface area contributed by atoms with Gasteiger partial charge < -0.3 is 0 Å². The summed E-state index contributed by atoms with van der Waals surface area (Å²) in [5, 5.41) is 6.73. The number of hydrogen-bond acceptors (Lipinski definition) is 3. The van der Waals surface area contributed by atoms with Crippen LogP contribution >= 0.6 is 11.9 Å². The van der Waals surface area contributed by atoms with Gasteiger partial charge in [0.2, 0.25) is 0 Å². The van der Waals surface area contributed by atoms with E-state index in [9.17, 15) is 0 Å². The lowest BCUT2D eigenvalue weighted by Crippen LogP contribution is -1.71. The van der Waals surface area contributed by atoms with Crippen molar-refractivity contribution in [3.8, 4) is 0 Å². The van der Waals surface area contributed by atoms with E-state index in [1.54, 1.807) is 12.4 Å². The second kappa shape index (κ2) is 2.30. The first-order valence-corrected chi connectivity index (χ1v) is 3.64. The number of fused-ring (bicyclic) bond motifs is 1. The van der Waals surface area contributed by atoms with Crippen LogP contribution in [0, 0.1) is 0 Å². The predicted molar refractivity (Wildman–Crippen MR) is 42.0 cm³/mol. The number of nitrogens with zero attached hydrogens (tertiary/aromatic N) is 2. The van der Waals surface area contributed by atoms with Crippen molar-refractivity contribution < 1.29 is 0 Å². The van der Waals surface area contributed by atoms with Crippen molar-refractivity contribution in [1.29, 1.82) is 0 Å². The second-order valence-corrected chi connectivity index (χ2v) is 2.69. The minimum Gasteiger partial charge on any atom is -0.277 e. The Morgan fingerprint density at radius 3 is 3.50 bits per heavy atom. The molecule has 0 bridgehead atoms. The van der Waals surface area contributed by atoms with E-state index in [1.807, 2.05) is 12.2 Å². The molecule has 1 N–H and O–H groups in total. The number of hydrogen-bond donors (Lipinski definition) is 1. The van der Waals surface area contributed by atoms with E-state index in [1.165, 1.54) is 11.9 Å². The predicted octanol–water partition coefficient (Wildman–Crippen LogP) is 1.51. The summed E-state index contributed by atoms with van der Waals surface area (Å²) < 4.78 is 4.03. The fourth-order valence-electron chi connectivity index (χ4n) is 0.739. The van der Waals surface area contributed by atoms with Crippen molar-refractivity contribution >= 4 is 24.2 Å². The molecule has 1 aliphatic rings. The highest BCUT2D eigenvalue weighted by molar-refractivity contribution is 7.98. The molecule has 10 heavy (non-hydrogen) atoms.